The van der Waals surface area contributed by atoms with Crippen LogP contribution in [0.4, 0.5) is 0 Å². The summed E-state index contributed by atoms with van der Waals surface area (Å²) >= 11 is 0. The van der Waals surface area contributed by atoms with Crippen molar-refractivity contribution in [3.8, 4) is 0 Å². The lowest BCUT2D eigenvalue weighted by Gasteiger charge is -2.08. The van der Waals surface area contributed by atoms with Crippen LogP contribution in [0.5, 0.6) is 0 Å². The van der Waals surface area contributed by atoms with Gasteiger partial charge in [0.25, 0.3) is 0 Å². The summed E-state index contributed by atoms with van der Waals surface area (Å²) in [5, 5.41) is 12.3. The Morgan fingerprint density at radius 3 is 2.85 bits per heavy atom. The van der Waals surface area contributed by atoms with E-state index >= 15 is 0 Å². The van der Waals surface area contributed by atoms with Gasteiger partial charge >= 0.3 is 5.97 Å². The maximum Gasteiger partial charge on any atom is 0.353 e. The van der Waals surface area contributed by atoms with Gasteiger partial charge in [0, 0.05) is 13.0 Å². The van der Waals surface area contributed by atoms with Gasteiger partial charge in [-0.25, -0.2) is 4.79 Å². The quantitative estimate of drug-likeness (QED) is 0.740. The molecule has 5 nitrogen and oxygen atoms in total. The van der Waals surface area contributed by atoms with Gasteiger partial charge in [-0.1, -0.05) is 35.5 Å². The topological polar surface area (TPSA) is 68.1 Å². The van der Waals surface area contributed by atoms with Crippen molar-refractivity contribution in [1.29, 1.82) is 0 Å². The van der Waals surface area contributed by atoms with E-state index in [0.717, 1.165) is 19.3 Å². The Bertz CT molecular complexity index is 458. The number of ether oxygens (including phenoxy) is 1. The van der Waals surface area contributed by atoms with Crippen LogP contribution in [0.15, 0.2) is 35.5 Å². The number of benzene rings is 1. The molecule has 1 unspecified atom stereocenters. The molecule has 1 N–H and O–H groups in total. The molecular weight excluding hydrogens is 258 g/mol. The molecule has 1 aliphatic heterocycles. The number of carboxylic acid groups (broad SMARTS) is 1. The number of carbonyl (C=O) groups is 1. The van der Waals surface area contributed by atoms with E-state index < -0.39 is 5.97 Å². The number of rotatable bonds is 8. The van der Waals surface area contributed by atoms with E-state index in [1.54, 1.807) is 0 Å². The van der Waals surface area contributed by atoms with Gasteiger partial charge in [0.1, 0.15) is 6.10 Å². The fourth-order valence-corrected chi connectivity index (χ4v) is 2.06. The predicted octanol–water partition coefficient (Wildman–Crippen LogP) is 2.26. The molecule has 1 aromatic rings. The average Bonchev–Trinajstić information content (AvgIpc) is 2.93. The van der Waals surface area contributed by atoms with Gasteiger partial charge in [-0.2, -0.15) is 0 Å². The van der Waals surface area contributed by atoms with Crippen molar-refractivity contribution in [1.82, 2.24) is 0 Å². The van der Waals surface area contributed by atoms with Crippen LogP contribution in [0.25, 0.3) is 0 Å². The van der Waals surface area contributed by atoms with E-state index in [-0.39, 0.29) is 11.8 Å². The lowest BCUT2D eigenvalue weighted by Crippen LogP contribution is -2.15. The Hall–Kier alpha value is -1.88. The van der Waals surface area contributed by atoms with Gasteiger partial charge in [-0.15, -0.1) is 0 Å². The summed E-state index contributed by atoms with van der Waals surface area (Å²) in [5.41, 5.74) is 1.38. The Morgan fingerprint density at radius 1 is 1.35 bits per heavy atom. The third-order valence-corrected chi connectivity index (χ3v) is 3.17. The molecule has 0 saturated carbocycles. The Labute approximate surface area is 118 Å². The maximum absolute atomic E-state index is 10.7. The number of nitrogens with zero attached hydrogens (tertiary/aromatic N) is 1. The molecule has 2 rings (SSSR count). The van der Waals surface area contributed by atoms with Crippen molar-refractivity contribution < 1.29 is 19.5 Å². The normalized spacial score (nSPS) is 17.6. The number of hydrogen-bond acceptors (Lipinski definition) is 4. The van der Waals surface area contributed by atoms with Crippen LogP contribution in [0.1, 0.15) is 24.8 Å². The van der Waals surface area contributed by atoms with Gasteiger partial charge in [0.2, 0.25) is 0 Å². The lowest BCUT2D eigenvalue weighted by molar-refractivity contribution is -0.129. The van der Waals surface area contributed by atoms with Crippen molar-refractivity contribution >= 4 is 11.7 Å². The average molecular weight is 277 g/mol. The molecule has 0 fully saturated rings. The van der Waals surface area contributed by atoms with Gasteiger partial charge in [0.05, 0.1) is 6.61 Å². The molecule has 0 amide bonds. The second-order valence-corrected chi connectivity index (χ2v) is 4.76. The fourth-order valence-electron chi connectivity index (χ4n) is 2.06. The molecule has 0 spiro atoms. The van der Waals surface area contributed by atoms with E-state index in [1.165, 1.54) is 5.56 Å². The molecule has 20 heavy (non-hydrogen) atoms. The monoisotopic (exact) mass is 277 g/mol. The zero-order chi connectivity index (χ0) is 14.2. The minimum absolute atomic E-state index is 0.111. The van der Waals surface area contributed by atoms with Gasteiger partial charge in [0.15, 0.2) is 5.71 Å². The summed E-state index contributed by atoms with van der Waals surface area (Å²) in [6.07, 6.45) is 2.80. The van der Waals surface area contributed by atoms with Crippen LogP contribution < -0.4 is 0 Å². The number of oxime groups is 1. The molecule has 108 valence electrons. The molecule has 0 aromatic heterocycles. The summed E-state index contributed by atoms with van der Waals surface area (Å²) in [7, 11) is 0. The molecular formula is C15H19NO4. The highest BCUT2D eigenvalue weighted by Gasteiger charge is 2.24. The Balaban J connectivity index is 1.50. The third-order valence-electron chi connectivity index (χ3n) is 3.17. The molecule has 0 radical (unpaired) electrons. The largest absolute Gasteiger partial charge is 0.477 e. The standard InChI is InChI=1S/C15H19NO4/c17-15(18)14-11-13(20-16-14)7-4-9-19-10-8-12-5-2-1-3-6-12/h1-3,5-6,13H,4,7-11H2,(H,17,18). The number of carboxylic acids is 1. The zero-order valence-electron chi connectivity index (χ0n) is 11.3. The Morgan fingerprint density at radius 2 is 2.15 bits per heavy atom. The van der Waals surface area contributed by atoms with Crippen LogP contribution in [-0.2, 0) is 20.8 Å². The maximum atomic E-state index is 10.7. The summed E-state index contributed by atoms with van der Waals surface area (Å²) < 4.78 is 5.56. The van der Waals surface area contributed by atoms with Crippen LogP contribution in [0.3, 0.4) is 0 Å². The fraction of sp³-hybridized carbons (Fsp3) is 0.467. The molecule has 1 aromatic carbocycles. The SMILES string of the molecule is O=C(O)C1=NOC(CCCOCCc2ccccc2)C1. The highest BCUT2D eigenvalue weighted by atomic mass is 16.6. The van der Waals surface area contributed by atoms with Crippen molar-refractivity contribution in [2.75, 3.05) is 13.2 Å². The van der Waals surface area contributed by atoms with Gasteiger partial charge in [-0.05, 0) is 24.8 Å². The number of hydrogen-bond donors (Lipinski definition) is 1. The molecule has 1 heterocycles. The first-order valence-corrected chi connectivity index (χ1v) is 6.83. The van der Waals surface area contributed by atoms with E-state index in [0.29, 0.717) is 19.6 Å². The summed E-state index contributed by atoms with van der Waals surface area (Å²) in [6.45, 7) is 1.36. The van der Waals surface area contributed by atoms with E-state index in [4.69, 9.17) is 14.7 Å². The minimum atomic E-state index is -0.994. The molecule has 0 bridgehead atoms. The second kappa shape index (κ2) is 7.65. The van der Waals surface area contributed by atoms with Crippen LogP contribution in [-0.4, -0.2) is 36.1 Å². The van der Waals surface area contributed by atoms with Crippen LogP contribution in [0.2, 0.25) is 0 Å². The second-order valence-electron chi connectivity index (χ2n) is 4.76. The first-order valence-electron chi connectivity index (χ1n) is 6.83. The molecule has 0 saturated heterocycles. The van der Waals surface area contributed by atoms with Crippen LogP contribution in [0, 0.1) is 0 Å². The molecule has 1 atom stereocenters. The molecule has 5 heteroatoms. The third kappa shape index (κ3) is 4.66. The summed E-state index contributed by atoms with van der Waals surface area (Å²) in [6, 6.07) is 10.2. The predicted molar refractivity (Wildman–Crippen MR) is 74.8 cm³/mol. The smallest absolute Gasteiger partial charge is 0.353 e. The first kappa shape index (κ1) is 14.5. The van der Waals surface area contributed by atoms with E-state index in [9.17, 15) is 4.79 Å². The number of aliphatic carboxylic acids is 1. The molecule has 1 aliphatic rings. The van der Waals surface area contributed by atoms with Crippen molar-refractivity contribution in [3.05, 3.63) is 35.9 Å². The highest BCUT2D eigenvalue weighted by Crippen LogP contribution is 2.15. The van der Waals surface area contributed by atoms with E-state index in [1.807, 2.05) is 18.2 Å². The minimum Gasteiger partial charge on any atom is -0.477 e. The molecule has 0 aliphatic carbocycles. The summed E-state index contributed by atoms with van der Waals surface area (Å²) in [4.78, 5) is 15.7. The Kier molecular flexibility index (Phi) is 5.55. The van der Waals surface area contributed by atoms with Crippen molar-refractivity contribution in [3.63, 3.8) is 0 Å². The van der Waals surface area contributed by atoms with Crippen molar-refractivity contribution in [2.24, 2.45) is 5.16 Å². The zero-order valence-corrected chi connectivity index (χ0v) is 11.3. The van der Waals surface area contributed by atoms with E-state index in [2.05, 4.69) is 17.3 Å². The summed E-state index contributed by atoms with van der Waals surface area (Å²) in [5.74, 6) is -0.994. The lowest BCUT2D eigenvalue weighted by atomic mass is 10.1. The van der Waals surface area contributed by atoms with Gasteiger partial charge < -0.3 is 14.7 Å². The van der Waals surface area contributed by atoms with Crippen molar-refractivity contribution in [2.45, 2.75) is 31.8 Å². The highest BCUT2D eigenvalue weighted by molar-refractivity contribution is 6.35. The van der Waals surface area contributed by atoms with Gasteiger partial charge in [-0.3, -0.25) is 0 Å². The first-order chi connectivity index (χ1) is 9.75. The van der Waals surface area contributed by atoms with Crippen LogP contribution >= 0.6 is 0 Å².